The SMILES string of the molecule is CCNC(=O)CCOc1ccc(S(=O)(=O)Cl)c(Cl)c1Cl. The lowest BCUT2D eigenvalue weighted by Crippen LogP contribution is -2.24. The van der Waals surface area contributed by atoms with Crippen LogP contribution in [0, 0.1) is 0 Å². The first-order chi connectivity index (χ1) is 9.27. The molecule has 0 saturated heterocycles. The van der Waals surface area contributed by atoms with Gasteiger partial charge in [0.2, 0.25) is 5.91 Å². The predicted molar refractivity (Wildman–Crippen MR) is 78.3 cm³/mol. The second kappa shape index (κ2) is 7.36. The van der Waals surface area contributed by atoms with Crippen LogP contribution in [-0.4, -0.2) is 27.5 Å². The molecule has 0 spiro atoms. The maximum absolute atomic E-state index is 11.2. The highest BCUT2D eigenvalue weighted by molar-refractivity contribution is 8.13. The third kappa shape index (κ3) is 4.70. The van der Waals surface area contributed by atoms with Crippen molar-refractivity contribution < 1.29 is 17.9 Å². The molecule has 1 aromatic rings. The zero-order valence-corrected chi connectivity index (χ0v) is 13.5. The van der Waals surface area contributed by atoms with E-state index >= 15 is 0 Å². The third-order valence-electron chi connectivity index (χ3n) is 2.23. The van der Waals surface area contributed by atoms with Crippen LogP contribution in [0.4, 0.5) is 0 Å². The molecule has 1 aromatic carbocycles. The quantitative estimate of drug-likeness (QED) is 0.792. The van der Waals surface area contributed by atoms with E-state index in [2.05, 4.69) is 5.32 Å². The van der Waals surface area contributed by atoms with Gasteiger partial charge in [0.1, 0.15) is 15.7 Å². The second-order valence-electron chi connectivity index (χ2n) is 3.68. The number of carbonyl (C=O) groups excluding carboxylic acids is 1. The summed E-state index contributed by atoms with van der Waals surface area (Å²) in [5, 5.41) is 2.34. The number of nitrogens with one attached hydrogen (secondary N) is 1. The molecule has 112 valence electrons. The summed E-state index contributed by atoms with van der Waals surface area (Å²) in [4.78, 5) is 10.9. The Morgan fingerprint density at radius 1 is 1.30 bits per heavy atom. The Kier molecular flexibility index (Phi) is 6.39. The topological polar surface area (TPSA) is 72.5 Å². The molecule has 1 rings (SSSR count). The molecule has 0 unspecified atom stereocenters. The average Bonchev–Trinajstić information content (AvgIpc) is 2.33. The highest BCUT2D eigenvalue weighted by Gasteiger charge is 2.19. The van der Waals surface area contributed by atoms with Gasteiger partial charge < -0.3 is 10.1 Å². The molecule has 1 amide bonds. The van der Waals surface area contributed by atoms with Crippen LogP contribution in [-0.2, 0) is 13.8 Å². The predicted octanol–water partition coefficient (Wildman–Crippen LogP) is 2.83. The molecular weight excluding hydrogens is 349 g/mol. The van der Waals surface area contributed by atoms with Crippen LogP contribution in [0.15, 0.2) is 17.0 Å². The van der Waals surface area contributed by atoms with Crippen LogP contribution in [0.5, 0.6) is 5.75 Å². The Hall–Kier alpha value is -0.690. The van der Waals surface area contributed by atoms with Crippen LogP contribution in [0.3, 0.4) is 0 Å². The molecule has 0 radical (unpaired) electrons. The van der Waals surface area contributed by atoms with Crippen LogP contribution < -0.4 is 10.1 Å². The zero-order chi connectivity index (χ0) is 15.3. The largest absolute Gasteiger partial charge is 0.491 e. The molecule has 0 aromatic heterocycles. The molecule has 20 heavy (non-hydrogen) atoms. The minimum Gasteiger partial charge on any atom is -0.491 e. The smallest absolute Gasteiger partial charge is 0.262 e. The highest BCUT2D eigenvalue weighted by Crippen LogP contribution is 2.37. The minimum absolute atomic E-state index is 0.0655. The number of rotatable bonds is 6. The van der Waals surface area contributed by atoms with Crippen LogP contribution in [0.1, 0.15) is 13.3 Å². The number of ether oxygens (including phenoxy) is 1. The Labute approximate surface area is 131 Å². The maximum Gasteiger partial charge on any atom is 0.262 e. The first-order valence-electron chi connectivity index (χ1n) is 5.59. The fourth-order valence-corrected chi connectivity index (χ4v) is 3.14. The lowest BCUT2D eigenvalue weighted by molar-refractivity contribution is -0.121. The van der Waals surface area contributed by atoms with E-state index in [9.17, 15) is 13.2 Å². The van der Waals surface area contributed by atoms with E-state index in [1.165, 1.54) is 12.1 Å². The van der Waals surface area contributed by atoms with Crippen LogP contribution in [0.2, 0.25) is 10.0 Å². The lowest BCUT2D eigenvalue weighted by atomic mass is 10.3. The fraction of sp³-hybridized carbons (Fsp3) is 0.364. The number of carbonyl (C=O) groups is 1. The van der Waals surface area contributed by atoms with Gasteiger partial charge in [-0.05, 0) is 19.1 Å². The number of amides is 1. The summed E-state index contributed by atoms with van der Waals surface area (Å²) in [6.07, 6.45) is 0.150. The van der Waals surface area contributed by atoms with Gasteiger partial charge in [-0.2, -0.15) is 0 Å². The molecule has 0 aliphatic rings. The molecule has 0 heterocycles. The fourth-order valence-electron chi connectivity index (χ4n) is 1.35. The van der Waals surface area contributed by atoms with Crippen molar-refractivity contribution in [2.24, 2.45) is 0 Å². The van der Waals surface area contributed by atoms with Gasteiger partial charge in [0, 0.05) is 17.2 Å². The van der Waals surface area contributed by atoms with Crippen molar-refractivity contribution in [1.82, 2.24) is 5.32 Å². The van der Waals surface area contributed by atoms with Crippen molar-refractivity contribution >= 4 is 48.8 Å². The van der Waals surface area contributed by atoms with Crippen molar-refractivity contribution in [1.29, 1.82) is 0 Å². The van der Waals surface area contributed by atoms with Crippen LogP contribution in [0.25, 0.3) is 0 Å². The maximum atomic E-state index is 11.2. The molecule has 0 fully saturated rings. The monoisotopic (exact) mass is 359 g/mol. The van der Waals surface area contributed by atoms with E-state index in [0.717, 1.165) is 0 Å². The second-order valence-corrected chi connectivity index (χ2v) is 6.97. The number of hydrogen-bond acceptors (Lipinski definition) is 4. The molecule has 9 heteroatoms. The Morgan fingerprint density at radius 3 is 2.50 bits per heavy atom. The average molecular weight is 361 g/mol. The van der Waals surface area contributed by atoms with Crippen molar-refractivity contribution in [2.75, 3.05) is 13.2 Å². The Morgan fingerprint density at radius 2 is 1.95 bits per heavy atom. The zero-order valence-electron chi connectivity index (χ0n) is 10.5. The summed E-state index contributed by atoms with van der Waals surface area (Å²) in [7, 11) is 1.23. The van der Waals surface area contributed by atoms with Gasteiger partial charge in [-0.3, -0.25) is 4.79 Å². The highest BCUT2D eigenvalue weighted by atomic mass is 35.7. The first kappa shape index (κ1) is 17.4. The van der Waals surface area contributed by atoms with Gasteiger partial charge in [0.05, 0.1) is 18.1 Å². The first-order valence-corrected chi connectivity index (χ1v) is 8.66. The number of hydrogen-bond donors (Lipinski definition) is 1. The minimum atomic E-state index is -3.98. The molecule has 0 atom stereocenters. The molecule has 0 aliphatic heterocycles. The molecule has 1 N–H and O–H groups in total. The summed E-state index contributed by atoms with van der Waals surface area (Å²) < 4.78 is 27.7. The van der Waals surface area contributed by atoms with E-state index in [1.807, 2.05) is 0 Å². The van der Waals surface area contributed by atoms with Gasteiger partial charge in [-0.15, -0.1) is 0 Å². The molecule has 0 aliphatic carbocycles. The summed E-state index contributed by atoms with van der Waals surface area (Å²) in [6.45, 7) is 2.43. The van der Waals surface area contributed by atoms with Crippen molar-refractivity contribution in [2.45, 2.75) is 18.2 Å². The van der Waals surface area contributed by atoms with Crippen LogP contribution >= 0.6 is 33.9 Å². The van der Waals surface area contributed by atoms with E-state index in [1.54, 1.807) is 6.92 Å². The third-order valence-corrected chi connectivity index (χ3v) is 4.58. The van der Waals surface area contributed by atoms with Gasteiger partial charge in [0.15, 0.2) is 0 Å². The molecular formula is C11H12Cl3NO4S. The lowest BCUT2D eigenvalue weighted by Gasteiger charge is -2.10. The van der Waals surface area contributed by atoms with E-state index in [4.69, 9.17) is 38.6 Å². The van der Waals surface area contributed by atoms with E-state index in [0.29, 0.717) is 6.54 Å². The Bertz CT molecular complexity index is 604. The summed E-state index contributed by atoms with van der Waals surface area (Å²) in [6, 6.07) is 2.53. The van der Waals surface area contributed by atoms with Gasteiger partial charge >= 0.3 is 0 Å². The molecule has 5 nitrogen and oxygen atoms in total. The number of halogens is 3. The normalized spacial score (nSPS) is 11.2. The van der Waals surface area contributed by atoms with Gasteiger partial charge in [-0.1, -0.05) is 23.2 Å². The summed E-state index contributed by atoms with van der Waals surface area (Å²) in [5.41, 5.74) is 0. The van der Waals surface area contributed by atoms with Gasteiger partial charge in [-0.25, -0.2) is 8.42 Å². The van der Waals surface area contributed by atoms with Crippen molar-refractivity contribution in [3.05, 3.63) is 22.2 Å². The molecule has 0 saturated carbocycles. The Balaban J connectivity index is 2.79. The number of benzene rings is 1. The van der Waals surface area contributed by atoms with Crippen molar-refractivity contribution in [3.8, 4) is 5.75 Å². The summed E-state index contributed by atoms with van der Waals surface area (Å²) in [5.74, 6) is 0.0275. The van der Waals surface area contributed by atoms with E-state index < -0.39 is 9.05 Å². The molecule has 0 bridgehead atoms. The van der Waals surface area contributed by atoms with Crippen molar-refractivity contribution in [3.63, 3.8) is 0 Å². The standard InChI is InChI=1S/C11H12Cl3NO4S/c1-2-15-9(16)5-6-19-7-3-4-8(20(14,17)18)11(13)10(7)12/h3-4H,2,5-6H2,1H3,(H,15,16). The summed E-state index contributed by atoms with van der Waals surface area (Å²) >= 11 is 11.7. The van der Waals surface area contributed by atoms with Gasteiger partial charge in [0.25, 0.3) is 9.05 Å². The van der Waals surface area contributed by atoms with E-state index in [-0.39, 0.29) is 39.6 Å².